The summed E-state index contributed by atoms with van der Waals surface area (Å²) in [6.45, 7) is 8.99. The minimum Gasteiger partial charge on any atom is -0.381 e. The first-order valence-electron chi connectivity index (χ1n) is 6.17. The Hall–Kier alpha value is -0.610. The zero-order valence-electron chi connectivity index (χ0n) is 10.6. The van der Waals surface area contributed by atoms with E-state index in [9.17, 15) is 4.79 Å². The molecule has 1 atom stereocenters. The number of rotatable bonds is 5. The van der Waals surface area contributed by atoms with Crippen molar-refractivity contribution in [3.63, 3.8) is 0 Å². The highest BCUT2D eigenvalue weighted by Gasteiger charge is 2.26. The first-order valence-corrected chi connectivity index (χ1v) is 6.17. The SMILES string of the molecule is CCNC(C)(C)C(=O)NCC1CCCOC1. The van der Waals surface area contributed by atoms with Crippen LogP contribution in [-0.2, 0) is 9.53 Å². The minimum atomic E-state index is -0.482. The number of hydrogen-bond acceptors (Lipinski definition) is 3. The van der Waals surface area contributed by atoms with Gasteiger partial charge in [0.15, 0.2) is 0 Å². The highest BCUT2D eigenvalue weighted by atomic mass is 16.5. The summed E-state index contributed by atoms with van der Waals surface area (Å²) in [6, 6.07) is 0. The van der Waals surface area contributed by atoms with E-state index in [2.05, 4.69) is 10.6 Å². The van der Waals surface area contributed by atoms with Gasteiger partial charge in [0, 0.05) is 13.2 Å². The van der Waals surface area contributed by atoms with Gasteiger partial charge >= 0.3 is 0 Å². The zero-order chi connectivity index (χ0) is 12.0. The summed E-state index contributed by atoms with van der Waals surface area (Å²) < 4.78 is 5.38. The first-order chi connectivity index (χ1) is 7.56. The van der Waals surface area contributed by atoms with Crippen molar-refractivity contribution in [1.29, 1.82) is 0 Å². The Labute approximate surface area is 98.1 Å². The van der Waals surface area contributed by atoms with Gasteiger partial charge in [0.25, 0.3) is 0 Å². The van der Waals surface area contributed by atoms with Gasteiger partial charge in [-0.3, -0.25) is 4.79 Å². The maximum Gasteiger partial charge on any atom is 0.239 e. The normalized spacial score (nSPS) is 21.8. The van der Waals surface area contributed by atoms with Gasteiger partial charge in [-0.25, -0.2) is 0 Å². The lowest BCUT2D eigenvalue weighted by atomic mass is 10.0. The lowest BCUT2D eigenvalue weighted by molar-refractivity contribution is -0.126. The number of nitrogens with one attached hydrogen (secondary N) is 2. The Morgan fingerprint density at radius 1 is 1.50 bits per heavy atom. The van der Waals surface area contributed by atoms with Crippen LogP contribution in [0, 0.1) is 5.92 Å². The highest BCUT2D eigenvalue weighted by Crippen LogP contribution is 2.12. The first kappa shape index (κ1) is 13.5. The fourth-order valence-corrected chi connectivity index (χ4v) is 1.95. The number of amides is 1. The molecule has 94 valence electrons. The number of carbonyl (C=O) groups is 1. The van der Waals surface area contributed by atoms with Crippen LogP contribution >= 0.6 is 0 Å². The fraction of sp³-hybridized carbons (Fsp3) is 0.917. The van der Waals surface area contributed by atoms with Crippen molar-refractivity contribution < 1.29 is 9.53 Å². The molecule has 0 aromatic rings. The molecule has 1 rings (SSSR count). The van der Waals surface area contributed by atoms with E-state index in [1.54, 1.807) is 0 Å². The number of hydrogen-bond donors (Lipinski definition) is 2. The third-order valence-corrected chi connectivity index (χ3v) is 2.99. The topological polar surface area (TPSA) is 50.4 Å². The minimum absolute atomic E-state index is 0.0694. The van der Waals surface area contributed by atoms with Crippen LogP contribution in [0.2, 0.25) is 0 Å². The predicted octanol–water partition coefficient (Wildman–Crippen LogP) is 0.917. The number of likely N-dealkylation sites (N-methyl/N-ethyl adjacent to an activating group) is 1. The molecule has 1 amide bonds. The molecule has 4 heteroatoms. The smallest absolute Gasteiger partial charge is 0.239 e. The predicted molar refractivity (Wildman–Crippen MR) is 64.3 cm³/mol. The van der Waals surface area contributed by atoms with Crippen LogP contribution in [0.5, 0.6) is 0 Å². The van der Waals surface area contributed by atoms with Crippen molar-refractivity contribution in [3.05, 3.63) is 0 Å². The standard InChI is InChI=1S/C12H24N2O2/c1-4-14-12(2,3)11(15)13-8-10-6-5-7-16-9-10/h10,14H,4-9H2,1-3H3,(H,13,15). The van der Waals surface area contributed by atoms with E-state index < -0.39 is 5.54 Å². The summed E-state index contributed by atoms with van der Waals surface area (Å²) in [4.78, 5) is 11.9. The molecule has 0 aromatic carbocycles. The molecule has 0 spiro atoms. The maximum atomic E-state index is 11.9. The molecule has 0 radical (unpaired) electrons. The molecule has 1 saturated heterocycles. The second-order valence-corrected chi connectivity index (χ2v) is 4.95. The molecule has 2 N–H and O–H groups in total. The third-order valence-electron chi connectivity index (χ3n) is 2.99. The van der Waals surface area contributed by atoms with Crippen molar-refractivity contribution in [3.8, 4) is 0 Å². The Bertz CT molecular complexity index is 223. The van der Waals surface area contributed by atoms with Crippen LogP contribution in [-0.4, -0.2) is 37.7 Å². The van der Waals surface area contributed by atoms with E-state index in [4.69, 9.17) is 4.74 Å². The molecule has 1 unspecified atom stereocenters. The summed E-state index contributed by atoms with van der Waals surface area (Å²) in [5.74, 6) is 0.551. The van der Waals surface area contributed by atoms with Gasteiger partial charge in [0.1, 0.15) is 0 Å². The lowest BCUT2D eigenvalue weighted by Crippen LogP contribution is -2.53. The van der Waals surface area contributed by atoms with Gasteiger partial charge < -0.3 is 15.4 Å². The molecular formula is C12H24N2O2. The Morgan fingerprint density at radius 2 is 2.25 bits per heavy atom. The molecule has 4 nitrogen and oxygen atoms in total. The largest absolute Gasteiger partial charge is 0.381 e. The molecular weight excluding hydrogens is 204 g/mol. The highest BCUT2D eigenvalue weighted by molar-refractivity contribution is 5.85. The number of carbonyl (C=O) groups excluding carboxylic acids is 1. The molecule has 0 aliphatic carbocycles. The molecule has 0 bridgehead atoms. The van der Waals surface area contributed by atoms with Crippen molar-refractivity contribution in [2.75, 3.05) is 26.3 Å². The van der Waals surface area contributed by atoms with Crippen LogP contribution in [0.1, 0.15) is 33.6 Å². The number of ether oxygens (including phenoxy) is 1. The van der Waals surface area contributed by atoms with Crippen molar-refractivity contribution in [2.45, 2.75) is 39.2 Å². The van der Waals surface area contributed by atoms with Gasteiger partial charge in [-0.05, 0) is 39.2 Å². The molecule has 0 aromatic heterocycles. The van der Waals surface area contributed by atoms with E-state index in [1.165, 1.54) is 0 Å². The Kier molecular flexibility index (Phi) is 5.22. The molecule has 16 heavy (non-hydrogen) atoms. The molecule has 1 heterocycles. The van der Waals surface area contributed by atoms with E-state index in [0.29, 0.717) is 5.92 Å². The van der Waals surface area contributed by atoms with Gasteiger partial charge in [-0.1, -0.05) is 6.92 Å². The average molecular weight is 228 g/mol. The second-order valence-electron chi connectivity index (χ2n) is 4.95. The van der Waals surface area contributed by atoms with E-state index in [0.717, 1.165) is 39.1 Å². The summed E-state index contributed by atoms with van der Waals surface area (Å²) in [6.07, 6.45) is 2.26. The van der Waals surface area contributed by atoms with Gasteiger partial charge in [0.2, 0.25) is 5.91 Å². The summed E-state index contributed by atoms with van der Waals surface area (Å²) in [5, 5.41) is 6.16. The van der Waals surface area contributed by atoms with Crippen molar-refractivity contribution >= 4 is 5.91 Å². The van der Waals surface area contributed by atoms with Gasteiger partial charge in [-0.15, -0.1) is 0 Å². The Balaban J connectivity index is 2.28. The third kappa shape index (κ3) is 4.10. The monoisotopic (exact) mass is 228 g/mol. The van der Waals surface area contributed by atoms with Crippen LogP contribution < -0.4 is 10.6 Å². The zero-order valence-corrected chi connectivity index (χ0v) is 10.6. The lowest BCUT2D eigenvalue weighted by Gasteiger charge is -2.27. The molecule has 1 fully saturated rings. The van der Waals surface area contributed by atoms with Crippen molar-refractivity contribution in [2.24, 2.45) is 5.92 Å². The van der Waals surface area contributed by atoms with Crippen LogP contribution in [0.3, 0.4) is 0 Å². The van der Waals surface area contributed by atoms with Crippen LogP contribution in [0.15, 0.2) is 0 Å². The van der Waals surface area contributed by atoms with Gasteiger partial charge in [-0.2, -0.15) is 0 Å². The van der Waals surface area contributed by atoms with E-state index >= 15 is 0 Å². The average Bonchev–Trinajstić information content (AvgIpc) is 2.27. The van der Waals surface area contributed by atoms with E-state index in [-0.39, 0.29) is 5.91 Å². The van der Waals surface area contributed by atoms with E-state index in [1.807, 2.05) is 20.8 Å². The summed E-state index contributed by atoms with van der Waals surface area (Å²) >= 11 is 0. The summed E-state index contributed by atoms with van der Waals surface area (Å²) in [7, 11) is 0. The van der Waals surface area contributed by atoms with Crippen LogP contribution in [0.4, 0.5) is 0 Å². The van der Waals surface area contributed by atoms with Crippen LogP contribution in [0.25, 0.3) is 0 Å². The molecule has 0 saturated carbocycles. The fourth-order valence-electron chi connectivity index (χ4n) is 1.95. The molecule has 1 aliphatic rings. The summed E-state index contributed by atoms with van der Waals surface area (Å²) in [5.41, 5.74) is -0.482. The Morgan fingerprint density at radius 3 is 2.81 bits per heavy atom. The second kappa shape index (κ2) is 6.21. The van der Waals surface area contributed by atoms with Gasteiger partial charge in [0.05, 0.1) is 12.1 Å². The molecule has 1 aliphatic heterocycles. The maximum absolute atomic E-state index is 11.9. The quantitative estimate of drug-likeness (QED) is 0.735. The van der Waals surface area contributed by atoms with Crippen molar-refractivity contribution in [1.82, 2.24) is 10.6 Å².